The molecule has 0 amide bonds. The highest BCUT2D eigenvalue weighted by molar-refractivity contribution is 5.34. The Labute approximate surface area is 74.7 Å². The van der Waals surface area contributed by atoms with E-state index < -0.39 is 0 Å². The van der Waals surface area contributed by atoms with Crippen molar-refractivity contribution in [2.45, 2.75) is 0 Å². The van der Waals surface area contributed by atoms with Crippen molar-refractivity contribution in [1.82, 2.24) is 24.7 Å². The van der Waals surface area contributed by atoms with Crippen LogP contribution in [0.3, 0.4) is 0 Å². The Hall–Kier alpha value is -1.98. The maximum atomic E-state index is 4.22. The lowest BCUT2D eigenvalue weighted by molar-refractivity contribution is 0.837. The minimum absolute atomic E-state index is 0.643. The van der Waals surface area contributed by atoms with E-state index in [-0.39, 0.29) is 0 Å². The second kappa shape index (κ2) is 3.18. The van der Waals surface area contributed by atoms with Gasteiger partial charge in [0.15, 0.2) is 5.82 Å². The molecule has 0 aromatic carbocycles. The molecule has 0 aliphatic rings. The molecule has 0 saturated heterocycles. The monoisotopic (exact) mass is 176 g/mol. The van der Waals surface area contributed by atoms with E-state index in [9.17, 15) is 0 Å². The van der Waals surface area contributed by atoms with Crippen molar-refractivity contribution >= 4 is 5.82 Å². The Kier molecular flexibility index (Phi) is 1.87. The van der Waals surface area contributed by atoms with Crippen LogP contribution in [-0.4, -0.2) is 31.8 Å². The number of hydrogen-bond donors (Lipinski definition) is 1. The summed E-state index contributed by atoms with van der Waals surface area (Å²) >= 11 is 0. The van der Waals surface area contributed by atoms with Crippen LogP contribution in [0, 0.1) is 0 Å². The van der Waals surface area contributed by atoms with Gasteiger partial charge in [-0.3, -0.25) is 4.98 Å². The van der Waals surface area contributed by atoms with Crippen LogP contribution in [0.5, 0.6) is 0 Å². The van der Waals surface area contributed by atoms with Gasteiger partial charge in [0.05, 0.1) is 12.4 Å². The fourth-order valence-electron chi connectivity index (χ4n) is 0.913. The number of nitrogens with one attached hydrogen (secondary N) is 1. The standard InChI is InChI=1S/C7H8N6/c1-8-6-2-9-3-7(12-6)13-5-10-4-11-13/h2-5H,1H3,(H,8,12). The molecule has 6 heteroatoms. The van der Waals surface area contributed by atoms with Gasteiger partial charge in [-0.1, -0.05) is 0 Å². The maximum absolute atomic E-state index is 4.22. The molecule has 0 aliphatic carbocycles. The molecule has 13 heavy (non-hydrogen) atoms. The van der Waals surface area contributed by atoms with Gasteiger partial charge in [-0.15, -0.1) is 0 Å². The van der Waals surface area contributed by atoms with Crippen LogP contribution < -0.4 is 5.32 Å². The Bertz CT molecular complexity index is 382. The van der Waals surface area contributed by atoms with Gasteiger partial charge in [0, 0.05) is 7.05 Å². The molecule has 2 rings (SSSR count). The van der Waals surface area contributed by atoms with Crippen molar-refractivity contribution in [2.24, 2.45) is 0 Å². The third-order valence-electron chi connectivity index (χ3n) is 1.53. The lowest BCUT2D eigenvalue weighted by atomic mass is 10.6. The van der Waals surface area contributed by atoms with E-state index in [4.69, 9.17) is 0 Å². The van der Waals surface area contributed by atoms with Crippen LogP contribution in [0.25, 0.3) is 5.82 Å². The first-order valence-electron chi connectivity index (χ1n) is 3.75. The number of rotatable bonds is 2. The van der Waals surface area contributed by atoms with Crippen LogP contribution >= 0.6 is 0 Å². The smallest absolute Gasteiger partial charge is 0.175 e. The molecule has 0 aliphatic heterocycles. The molecule has 2 heterocycles. The van der Waals surface area contributed by atoms with E-state index in [1.54, 1.807) is 30.5 Å². The second-order valence-electron chi connectivity index (χ2n) is 2.35. The summed E-state index contributed by atoms with van der Waals surface area (Å²) < 4.78 is 1.55. The average Bonchev–Trinajstić information content (AvgIpc) is 2.71. The van der Waals surface area contributed by atoms with Crippen LogP contribution in [-0.2, 0) is 0 Å². The van der Waals surface area contributed by atoms with E-state index in [2.05, 4.69) is 25.4 Å². The summed E-state index contributed by atoms with van der Waals surface area (Å²) in [7, 11) is 1.79. The molecule has 66 valence electrons. The van der Waals surface area contributed by atoms with Gasteiger partial charge in [0.2, 0.25) is 0 Å². The summed E-state index contributed by atoms with van der Waals surface area (Å²) in [5, 5.41) is 6.83. The molecule has 0 fully saturated rings. The van der Waals surface area contributed by atoms with Crippen molar-refractivity contribution in [3.8, 4) is 5.82 Å². The predicted octanol–water partition coefficient (Wildman–Crippen LogP) is 0.0990. The second-order valence-corrected chi connectivity index (χ2v) is 2.35. The Morgan fingerprint density at radius 1 is 1.31 bits per heavy atom. The Morgan fingerprint density at radius 3 is 2.92 bits per heavy atom. The van der Waals surface area contributed by atoms with Crippen molar-refractivity contribution < 1.29 is 0 Å². The molecule has 0 saturated carbocycles. The van der Waals surface area contributed by atoms with E-state index in [1.165, 1.54) is 6.33 Å². The lowest BCUT2D eigenvalue weighted by Gasteiger charge is -2.01. The van der Waals surface area contributed by atoms with Crippen LogP contribution in [0.4, 0.5) is 5.82 Å². The third kappa shape index (κ3) is 1.46. The first-order chi connectivity index (χ1) is 6.40. The topological polar surface area (TPSA) is 68.5 Å². The minimum Gasteiger partial charge on any atom is -0.372 e. The van der Waals surface area contributed by atoms with Crippen molar-refractivity contribution in [3.63, 3.8) is 0 Å². The van der Waals surface area contributed by atoms with Gasteiger partial charge in [-0.25, -0.2) is 14.6 Å². The van der Waals surface area contributed by atoms with E-state index in [0.29, 0.717) is 11.6 Å². The van der Waals surface area contributed by atoms with Gasteiger partial charge < -0.3 is 5.32 Å². The number of hydrogen-bond acceptors (Lipinski definition) is 5. The molecule has 0 unspecified atom stereocenters. The molecule has 0 bridgehead atoms. The van der Waals surface area contributed by atoms with Gasteiger partial charge in [0.1, 0.15) is 18.5 Å². The molecular formula is C7H8N6. The molecule has 2 aromatic rings. The Morgan fingerprint density at radius 2 is 2.23 bits per heavy atom. The molecule has 6 nitrogen and oxygen atoms in total. The average molecular weight is 176 g/mol. The molecule has 0 spiro atoms. The van der Waals surface area contributed by atoms with Gasteiger partial charge in [-0.2, -0.15) is 5.10 Å². The summed E-state index contributed by atoms with van der Waals surface area (Å²) in [6.07, 6.45) is 6.28. The minimum atomic E-state index is 0.643. The zero-order valence-electron chi connectivity index (χ0n) is 7.05. The van der Waals surface area contributed by atoms with Crippen molar-refractivity contribution in [2.75, 3.05) is 12.4 Å². The van der Waals surface area contributed by atoms with E-state index >= 15 is 0 Å². The highest BCUT2D eigenvalue weighted by Crippen LogP contribution is 2.03. The number of nitrogens with zero attached hydrogens (tertiary/aromatic N) is 5. The van der Waals surface area contributed by atoms with Crippen molar-refractivity contribution in [1.29, 1.82) is 0 Å². The van der Waals surface area contributed by atoms with Crippen LogP contribution in [0.15, 0.2) is 25.0 Å². The number of aromatic nitrogens is 5. The quantitative estimate of drug-likeness (QED) is 0.702. The Balaban J connectivity index is 2.41. The van der Waals surface area contributed by atoms with Crippen LogP contribution in [0.1, 0.15) is 0 Å². The summed E-state index contributed by atoms with van der Waals surface area (Å²) in [5.41, 5.74) is 0. The first-order valence-corrected chi connectivity index (χ1v) is 3.75. The third-order valence-corrected chi connectivity index (χ3v) is 1.53. The van der Waals surface area contributed by atoms with Gasteiger partial charge in [0.25, 0.3) is 0 Å². The number of anilines is 1. The molecule has 0 atom stereocenters. The summed E-state index contributed by atoms with van der Waals surface area (Å²) in [5.74, 6) is 1.34. The van der Waals surface area contributed by atoms with Gasteiger partial charge >= 0.3 is 0 Å². The fraction of sp³-hybridized carbons (Fsp3) is 0.143. The summed E-state index contributed by atoms with van der Waals surface area (Å²) in [6.45, 7) is 0. The molecule has 1 N–H and O–H groups in total. The van der Waals surface area contributed by atoms with Gasteiger partial charge in [-0.05, 0) is 0 Å². The first kappa shape index (κ1) is 7.66. The molecular weight excluding hydrogens is 168 g/mol. The normalized spacial score (nSPS) is 9.92. The summed E-state index contributed by atoms with van der Waals surface area (Å²) in [6, 6.07) is 0. The largest absolute Gasteiger partial charge is 0.372 e. The highest BCUT2D eigenvalue weighted by Gasteiger charge is 1.99. The maximum Gasteiger partial charge on any atom is 0.175 e. The zero-order chi connectivity index (χ0) is 9.10. The van der Waals surface area contributed by atoms with Crippen LogP contribution in [0.2, 0.25) is 0 Å². The highest BCUT2D eigenvalue weighted by atomic mass is 15.3. The fourth-order valence-corrected chi connectivity index (χ4v) is 0.913. The van der Waals surface area contributed by atoms with Crippen molar-refractivity contribution in [3.05, 3.63) is 25.0 Å². The van der Waals surface area contributed by atoms with E-state index in [0.717, 1.165) is 0 Å². The molecule has 0 radical (unpaired) electrons. The lowest BCUT2D eigenvalue weighted by Crippen LogP contribution is -2.01. The SMILES string of the molecule is CNc1cncc(-n2cncn2)n1. The zero-order valence-corrected chi connectivity index (χ0v) is 7.05. The molecule has 2 aromatic heterocycles. The predicted molar refractivity (Wildman–Crippen MR) is 46.5 cm³/mol. The summed E-state index contributed by atoms with van der Waals surface area (Å²) in [4.78, 5) is 12.0. The van der Waals surface area contributed by atoms with E-state index in [1.807, 2.05) is 0 Å².